The molecule has 0 bridgehead atoms. The Bertz CT molecular complexity index is 581. The molecule has 1 N–H and O–H groups in total. The summed E-state index contributed by atoms with van der Waals surface area (Å²) in [6.45, 7) is 8.76. The van der Waals surface area contributed by atoms with E-state index in [-0.39, 0.29) is 0 Å². The average molecular weight is 327 g/mol. The van der Waals surface area contributed by atoms with E-state index in [9.17, 15) is 5.11 Å². The number of aliphatic hydroxyl groups excluding tert-OH is 1. The number of aryl methyl sites for hydroxylation is 1. The van der Waals surface area contributed by atoms with Crippen LogP contribution in [0.3, 0.4) is 0 Å². The highest BCUT2D eigenvalue weighted by atomic mass is 16.5. The van der Waals surface area contributed by atoms with Crippen molar-refractivity contribution in [2.24, 2.45) is 0 Å². The van der Waals surface area contributed by atoms with Crippen molar-refractivity contribution < 1.29 is 9.84 Å². The van der Waals surface area contributed by atoms with Gasteiger partial charge in [-0.1, -0.05) is 60.2 Å². The average Bonchev–Trinajstić information content (AvgIpc) is 2.57. The first-order valence-electron chi connectivity index (χ1n) is 8.64. The first-order valence-corrected chi connectivity index (χ1v) is 8.64. The van der Waals surface area contributed by atoms with Gasteiger partial charge in [0.05, 0.1) is 19.3 Å². The molecule has 0 spiro atoms. The summed E-state index contributed by atoms with van der Waals surface area (Å²) in [4.78, 5) is 2.28. The van der Waals surface area contributed by atoms with Gasteiger partial charge in [-0.05, 0) is 31.9 Å². The maximum Gasteiger partial charge on any atom is 0.0900 e. The minimum absolute atomic E-state index is 0.353. The van der Waals surface area contributed by atoms with Crippen molar-refractivity contribution in [2.45, 2.75) is 46.1 Å². The highest BCUT2D eigenvalue weighted by Crippen LogP contribution is 2.11. The van der Waals surface area contributed by atoms with E-state index < -0.39 is 6.10 Å². The fourth-order valence-corrected chi connectivity index (χ4v) is 2.60. The molecule has 2 aromatic carbocycles. The summed E-state index contributed by atoms with van der Waals surface area (Å²) in [5.41, 5.74) is 3.67. The van der Waals surface area contributed by atoms with Gasteiger partial charge in [0.15, 0.2) is 0 Å². The van der Waals surface area contributed by atoms with E-state index in [0.29, 0.717) is 25.8 Å². The van der Waals surface area contributed by atoms with E-state index in [0.717, 1.165) is 12.1 Å². The molecule has 1 atom stereocenters. The number of nitrogens with zero attached hydrogens (tertiary/aromatic N) is 1. The third-order valence-corrected chi connectivity index (χ3v) is 4.10. The molecular weight excluding hydrogens is 298 g/mol. The first-order chi connectivity index (χ1) is 11.5. The number of benzene rings is 2. The second kappa shape index (κ2) is 9.58. The van der Waals surface area contributed by atoms with Crippen LogP contribution in [0.25, 0.3) is 0 Å². The lowest BCUT2D eigenvalue weighted by Crippen LogP contribution is -2.38. The van der Waals surface area contributed by atoms with Gasteiger partial charge in [-0.25, -0.2) is 0 Å². The molecule has 130 valence electrons. The summed E-state index contributed by atoms with van der Waals surface area (Å²) >= 11 is 0. The summed E-state index contributed by atoms with van der Waals surface area (Å²) in [7, 11) is 0. The molecule has 0 aromatic heterocycles. The Labute approximate surface area is 145 Å². The molecule has 2 rings (SSSR count). The Morgan fingerprint density at radius 1 is 0.958 bits per heavy atom. The zero-order valence-electron chi connectivity index (χ0n) is 15.0. The van der Waals surface area contributed by atoms with Crippen LogP contribution in [-0.4, -0.2) is 35.3 Å². The highest BCUT2D eigenvalue weighted by molar-refractivity contribution is 5.21. The lowest BCUT2D eigenvalue weighted by atomic mass is 10.1. The smallest absolute Gasteiger partial charge is 0.0900 e. The van der Waals surface area contributed by atoms with Gasteiger partial charge in [-0.15, -0.1) is 0 Å². The predicted octanol–water partition coefficient (Wildman–Crippen LogP) is 3.78. The number of hydrogen-bond acceptors (Lipinski definition) is 3. The van der Waals surface area contributed by atoms with Gasteiger partial charge in [0.1, 0.15) is 0 Å². The standard InChI is InChI=1S/C21H29NO2/c1-17(2)22(13-19-11-9-18(3)10-12-19)14-21(23)16-24-15-20-7-5-4-6-8-20/h4-12,17,21,23H,13-16H2,1-3H3/t21-/m0/s1. The van der Waals surface area contributed by atoms with Gasteiger partial charge in [0.25, 0.3) is 0 Å². The van der Waals surface area contributed by atoms with Crippen LogP contribution in [0.5, 0.6) is 0 Å². The molecule has 2 aromatic rings. The van der Waals surface area contributed by atoms with Crippen molar-refractivity contribution in [2.75, 3.05) is 13.2 Å². The topological polar surface area (TPSA) is 32.7 Å². The van der Waals surface area contributed by atoms with E-state index in [2.05, 4.69) is 49.9 Å². The third-order valence-electron chi connectivity index (χ3n) is 4.10. The monoisotopic (exact) mass is 327 g/mol. The second-order valence-electron chi connectivity index (χ2n) is 6.66. The molecule has 0 aliphatic heterocycles. The van der Waals surface area contributed by atoms with Crippen LogP contribution < -0.4 is 0 Å². The minimum atomic E-state index is -0.485. The summed E-state index contributed by atoms with van der Waals surface area (Å²) in [6.07, 6.45) is -0.485. The van der Waals surface area contributed by atoms with E-state index in [1.54, 1.807) is 0 Å². The number of aliphatic hydroxyl groups is 1. The van der Waals surface area contributed by atoms with Crippen LogP contribution >= 0.6 is 0 Å². The van der Waals surface area contributed by atoms with Crippen molar-refractivity contribution >= 4 is 0 Å². The first kappa shape index (κ1) is 18.7. The van der Waals surface area contributed by atoms with Gasteiger partial charge in [-0.3, -0.25) is 4.90 Å². The van der Waals surface area contributed by atoms with Crippen molar-refractivity contribution in [3.8, 4) is 0 Å². The predicted molar refractivity (Wildman–Crippen MR) is 98.8 cm³/mol. The largest absolute Gasteiger partial charge is 0.389 e. The molecule has 0 unspecified atom stereocenters. The number of ether oxygens (including phenoxy) is 1. The molecule has 3 heteroatoms. The van der Waals surface area contributed by atoms with Gasteiger partial charge in [0, 0.05) is 19.1 Å². The Morgan fingerprint density at radius 3 is 2.25 bits per heavy atom. The van der Waals surface area contributed by atoms with E-state index in [4.69, 9.17) is 4.74 Å². The molecule has 3 nitrogen and oxygen atoms in total. The van der Waals surface area contributed by atoms with Crippen LogP contribution in [0.1, 0.15) is 30.5 Å². The number of hydrogen-bond donors (Lipinski definition) is 1. The quantitative estimate of drug-likeness (QED) is 0.761. The fraction of sp³-hybridized carbons (Fsp3) is 0.429. The third kappa shape index (κ3) is 6.44. The highest BCUT2D eigenvalue weighted by Gasteiger charge is 2.15. The lowest BCUT2D eigenvalue weighted by molar-refractivity contribution is 0.00314. The van der Waals surface area contributed by atoms with E-state index in [1.165, 1.54) is 11.1 Å². The Balaban J connectivity index is 1.79. The maximum absolute atomic E-state index is 10.3. The Hall–Kier alpha value is -1.68. The maximum atomic E-state index is 10.3. The normalized spacial score (nSPS) is 12.8. The van der Waals surface area contributed by atoms with Gasteiger partial charge < -0.3 is 9.84 Å². The van der Waals surface area contributed by atoms with Gasteiger partial charge in [-0.2, -0.15) is 0 Å². The van der Waals surface area contributed by atoms with Crippen LogP contribution in [0.2, 0.25) is 0 Å². The summed E-state index contributed by atoms with van der Waals surface area (Å²) in [5.74, 6) is 0. The Kier molecular flexibility index (Phi) is 7.44. The molecule has 0 amide bonds. The van der Waals surface area contributed by atoms with Crippen molar-refractivity contribution in [3.63, 3.8) is 0 Å². The molecule has 0 radical (unpaired) electrons. The van der Waals surface area contributed by atoms with Crippen molar-refractivity contribution in [3.05, 3.63) is 71.3 Å². The summed E-state index contributed by atoms with van der Waals surface area (Å²) in [5, 5.41) is 10.3. The fourth-order valence-electron chi connectivity index (χ4n) is 2.60. The van der Waals surface area contributed by atoms with Crippen LogP contribution in [0.15, 0.2) is 54.6 Å². The molecule has 0 fully saturated rings. The van der Waals surface area contributed by atoms with Crippen LogP contribution in [-0.2, 0) is 17.9 Å². The zero-order chi connectivity index (χ0) is 17.4. The van der Waals surface area contributed by atoms with E-state index in [1.807, 2.05) is 30.3 Å². The number of rotatable bonds is 9. The second-order valence-corrected chi connectivity index (χ2v) is 6.66. The zero-order valence-corrected chi connectivity index (χ0v) is 15.0. The van der Waals surface area contributed by atoms with Crippen molar-refractivity contribution in [1.29, 1.82) is 0 Å². The molecular formula is C21H29NO2. The summed E-state index contributed by atoms with van der Waals surface area (Å²) < 4.78 is 5.65. The molecule has 24 heavy (non-hydrogen) atoms. The molecule has 0 heterocycles. The van der Waals surface area contributed by atoms with Crippen LogP contribution in [0.4, 0.5) is 0 Å². The minimum Gasteiger partial charge on any atom is -0.389 e. The summed E-state index contributed by atoms with van der Waals surface area (Å²) in [6, 6.07) is 19.0. The van der Waals surface area contributed by atoms with Crippen molar-refractivity contribution in [1.82, 2.24) is 4.90 Å². The SMILES string of the molecule is Cc1ccc(CN(C[C@H](O)COCc2ccccc2)C(C)C)cc1. The van der Waals surface area contributed by atoms with Crippen LogP contribution in [0, 0.1) is 6.92 Å². The van der Waals surface area contributed by atoms with E-state index >= 15 is 0 Å². The van der Waals surface area contributed by atoms with Gasteiger partial charge in [0.2, 0.25) is 0 Å². The Morgan fingerprint density at radius 2 is 1.62 bits per heavy atom. The molecule has 0 aliphatic carbocycles. The molecule has 0 saturated heterocycles. The molecule has 0 saturated carbocycles. The lowest BCUT2D eigenvalue weighted by Gasteiger charge is -2.28. The molecule has 0 aliphatic rings. The van der Waals surface area contributed by atoms with Gasteiger partial charge >= 0.3 is 0 Å².